The Hall–Kier alpha value is -1.66. The van der Waals surface area contributed by atoms with E-state index < -0.39 is 10.0 Å². The monoisotopic (exact) mass is 348 g/mol. The van der Waals surface area contributed by atoms with E-state index in [1.54, 1.807) is 6.08 Å². The standard InChI is InChI=1S/C18H24N2O3S/c21-18(17-8-4-5-9-17)19-11-13-20(14-12-19)24(22,23)15-10-16-6-2-1-3-7-16/h1-3,6-7,10,15,17H,4-5,8-9,11-14H2/b15-10-. The Kier molecular flexibility index (Phi) is 5.36. The molecule has 130 valence electrons. The van der Waals surface area contributed by atoms with Gasteiger partial charge >= 0.3 is 0 Å². The summed E-state index contributed by atoms with van der Waals surface area (Å²) in [6.07, 6.45) is 5.85. The highest BCUT2D eigenvalue weighted by molar-refractivity contribution is 7.92. The number of hydrogen-bond acceptors (Lipinski definition) is 3. The Labute approximate surface area is 144 Å². The number of nitrogens with zero attached hydrogens (tertiary/aromatic N) is 2. The summed E-state index contributed by atoms with van der Waals surface area (Å²) >= 11 is 0. The molecule has 1 aromatic rings. The van der Waals surface area contributed by atoms with E-state index in [9.17, 15) is 13.2 Å². The summed E-state index contributed by atoms with van der Waals surface area (Å²) in [5, 5.41) is 1.26. The first-order valence-corrected chi connectivity index (χ1v) is 10.1. The molecule has 2 aliphatic rings. The molecule has 3 rings (SSSR count). The van der Waals surface area contributed by atoms with E-state index in [1.807, 2.05) is 35.2 Å². The van der Waals surface area contributed by atoms with Crippen LogP contribution in [0.3, 0.4) is 0 Å². The lowest BCUT2D eigenvalue weighted by Crippen LogP contribution is -2.51. The van der Waals surface area contributed by atoms with Crippen LogP contribution in [0.2, 0.25) is 0 Å². The van der Waals surface area contributed by atoms with Crippen molar-refractivity contribution in [2.75, 3.05) is 26.2 Å². The van der Waals surface area contributed by atoms with Crippen molar-refractivity contribution < 1.29 is 13.2 Å². The van der Waals surface area contributed by atoms with Crippen molar-refractivity contribution in [1.29, 1.82) is 0 Å². The van der Waals surface area contributed by atoms with Crippen LogP contribution in [0.4, 0.5) is 0 Å². The van der Waals surface area contributed by atoms with Crippen LogP contribution in [0.25, 0.3) is 6.08 Å². The molecular formula is C18H24N2O3S. The second kappa shape index (κ2) is 7.49. The first kappa shape index (κ1) is 17.2. The fourth-order valence-corrected chi connectivity index (χ4v) is 4.58. The van der Waals surface area contributed by atoms with Gasteiger partial charge in [-0.25, -0.2) is 8.42 Å². The van der Waals surface area contributed by atoms with E-state index in [2.05, 4.69) is 0 Å². The van der Waals surface area contributed by atoms with Crippen molar-refractivity contribution in [3.63, 3.8) is 0 Å². The number of sulfonamides is 1. The smallest absolute Gasteiger partial charge is 0.236 e. The molecule has 0 atom stereocenters. The van der Waals surface area contributed by atoms with Crippen molar-refractivity contribution in [2.24, 2.45) is 5.92 Å². The largest absolute Gasteiger partial charge is 0.340 e. The van der Waals surface area contributed by atoms with Crippen molar-refractivity contribution in [1.82, 2.24) is 9.21 Å². The summed E-state index contributed by atoms with van der Waals surface area (Å²) in [5.74, 6) is 0.371. The Bertz CT molecular complexity index is 686. The summed E-state index contributed by atoms with van der Waals surface area (Å²) in [6, 6.07) is 9.38. The lowest BCUT2D eigenvalue weighted by molar-refractivity contribution is -0.136. The number of carbonyl (C=O) groups excluding carboxylic acids is 1. The van der Waals surface area contributed by atoms with E-state index in [0.29, 0.717) is 26.2 Å². The molecule has 2 fully saturated rings. The van der Waals surface area contributed by atoms with Crippen LogP contribution < -0.4 is 0 Å². The van der Waals surface area contributed by atoms with E-state index in [0.717, 1.165) is 31.2 Å². The topological polar surface area (TPSA) is 57.7 Å². The fraction of sp³-hybridized carbons (Fsp3) is 0.500. The van der Waals surface area contributed by atoms with Gasteiger partial charge in [0, 0.05) is 37.5 Å². The molecule has 1 heterocycles. The molecule has 0 N–H and O–H groups in total. The van der Waals surface area contributed by atoms with Crippen LogP contribution in [-0.2, 0) is 14.8 Å². The van der Waals surface area contributed by atoms with Gasteiger partial charge in [0.15, 0.2) is 0 Å². The number of amides is 1. The minimum Gasteiger partial charge on any atom is -0.340 e. The minimum atomic E-state index is -3.43. The molecule has 5 nitrogen and oxygen atoms in total. The third-order valence-corrected chi connectivity index (χ3v) is 6.41. The van der Waals surface area contributed by atoms with E-state index in [1.165, 1.54) is 9.71 Å². The lowest BCUT2D eigenvalue weighted by Gasteiger charge is -2.34. The number of benzene rings is 1. The summed E-state index contributed by atoms with van der Waals surface area (Å²) in [7, 11) is -3.43. The van der Waals surface area contributed by atoms with E-state index in [-0.39, 0.29) is 11.8 Å². The molecule has 24 heavy (non-hydrogen) atoms. The van der Waals surface area contributed by atoms with Crippen LogP contribution in [0.5, 0.6) is 0 Å². The highest BCUT2D eigenvalue weighted by Crippen LogP contribution is 2.27. The average Bonchev–Trinajstić information content (AvgIpc) is 3.15. The van der Waals surface area contributed by atoms with Gasteiger partial charge in [0.05, 0.1) is 0 Å². The maximum absolute atomic E-state index is 12.4. The summed E-state index contributed by atoms with van der Waals surface area (Å²) in [5.41, 5.74) is 0.858. The molecule has 0 radical (unpaired) electrons. The van der Waals surface area contributed by atoms with Crippen molar-refractivity contribution in [3.05, 3.63) is 41.3 Å². The van der Waals surface area contributed by atoms with Crippen LogP contribution in [0.15, 0.2) is 35.7 Å². The Morgan fingerprint density at radius 3 is 2.25 bits per heavy atom. The molecule has 0 bridgehead atoms. The number of piperazine rings is 1. The van der Waals surface area contributed by atoms with Crippen molar-refractivity contribution in [2.45, 2.75) is 25.7 Å². The maximum atomic E-state index is 12.4. The molecule has 1 aliphatic heterocycles. The third kappa shape index (κ3) is 4.05. The lowest BCUT2D eigenvalue weighted by atomic mass is 10.1. The van der Waals surface area contributed by atoms with Crippen LogP contribution >= 0.6 is 0 Å². The van der Waals surface area contributed by atoms with Gasteiger partial charge in [0.25, 0.3) is 0 Å². The molecule has 6 heteroatoms. The quantitative estimate of drug-likeness (QED) is 0.839. The van der Waals surface area contributed by atoms with Gasteiger partial charge in [-0.3, -0.25) is 4.79 Å². The van der Waals surface area contributed by atoms with E-state index in [4.69, 9.17) is 0 Å². The van der Waals surface area contributed by atoms with Gasteiger partial charge in [0.2, 0.25) is 15.9 Å². The van der Waals surface area contributed by atoms with Crippen molar-refractivity contribution >= 4 is 22.0 Å². The summed E-state index contributed by atoms with van der Waals surface area (Å²) < 4.78 is 26.3. The van der Waals surface area contributed by atoms with E-state index >= 15 is 0 Å². The summed E-state index contributed by atoms with van der Waals surface area (Å²) in [4.78, 5) is 14.2. The van der Waals surface area contributed by atoms with Gasteiger partial charge in [0.1, 0.15) is 0 Å². The summed E-state index contributed by atoms with van der Waals surface area (Å²) in [6.45, 7) is 1.74. The molecule has 1 amide bonds. The molecule has 0 unspecified atom stereocenters. The van der Waals surface area contributed by atoms with Crippen LogP contribution in [0, 0.1) is 5.92 Å². The van der Waals surface area contributed by atoms with Crippen LogP contribution in [0.1, 0.15) is 31.2 Å². The molecule has 1 saturated heterocycles. The maximum Gasteiger partial charge on any atom is 0.236 e. The minimum absolute atomic E-state index is 0.158. The molecule has 1 aromatic carbocycles. The van der Waals surface area contributed by atoms with Crippen LogP contribution in [-0.4, -0.2) is 49.7 Å². The zero-order valence-electron chi connectivity index (χ0n) is 13.8. The average molecular weight is 348 g/mol. The van der Waals surface area contributed by atoms with Gasteiger partial charge in [-0.05, 0) is 24.5 Å². The Morgan fingerprint density at radius 2 is 1.62 bits per heavy atom. The zero-order chi connectivity index (χ0) is 17.0. The first-order chi connectivity index (χ1) is 11.6. The van der Waals surface area contributed by atoms with Gasteiger partial charge in [-0.15, -0.1) is 0 Å². The highest BCUT2D eigenvalue weighted by Gasteiger charge is 2.31. The molecule has 1 saturated carbocycles. The second-order valence-corrected chi connectivity index (χ2v) is 8.28. The second-order valence-electron chi connectivity index (χ2n) is 6.46. The first-order valence-electron chi connectivity index (χ1n) is 8.58. The number of carbonyl (C=O) groups is 1. The number of hydrogen-bond donors (Lipinski definition) is 0. The predicted octanol–water partition coefficient (Wildman–Crippen LogP) is 2.32. The number of rotatable bonds is 4. The SMILES string of the molecule is O=C(C1CCCC1)N1CCN(S(=O)(=O)/C=C\c2ccccc2)CC1. The molecule has 0 spiro atoms. The van der Waals surface area contributed by atoms with Gasteiger partial charge < -0.3 is 4.90 Å². The highest BCUT2D eigenvalue weighted by atomic mass is 32.2. The molecular weight excluding hydrogens is 324 g/mol. The third-order valence-electron chi connectivity index (χ3n) is 4.85. The normalized spacial score (nSPS) is 20.8. The zero-order valence-corrected chi connectivity index (χ0v) is 14.6. The molecule has 0 aromatic heterocycles. The molecule has 1 aliphatic carbocycles. The predicted molar refractivity (Wildman–Crippen MR) is 94.5 cm³/mol. The Morgan fingerprint density at radius 1 is 1.00 bits per heavy atom. The van der Waals surface area contributed by atoms with Crippen molar-refractivity contribution in [3.8, 4) is 0 Å². The fourth-order valence-electron chi connectivity index (χ4n) is 3.41. The van der Waals surface area contributed by atoms with Gasteiger partial charge in [-0.2, -0.15) is 4.31 Å². The van der Waals surface area contributed by atoms with Gasteiger partial charge in [-0.1, -0.05) is 43.2 Å². The Balaban J connectivity index is 1.57.